The summed E-state index contributed by atoms with van der Waals surface area (Å²) in [5, 5.41) is 9.68. The fourth-order valence-corrected chi connectivity index (χ4v) is 2.44. The lowest BCUT2D eigenvalue weighted by atomic mass is 9.85. The van der Waals surface area contributed by atoms with Gasteiger partial charge in [-0.15, -0.1) is 24.0 Å². The Balaban J connectivity index is 0.00000220. The second-order valence-corrected chi connectivity index (χ2v) is 5.56. The molecule has 0 unspecified atom stereocenters. The Bertz CT molecular complexity index is 372. The van der Waals surface area contributed by atoms with Crippen LogP contribution >= 0.6 is 24.0 Å². The first-order chi connectivity index (χ1) is 9.79. The molecular formula is C15H27IN4O. The van der Waals surface area contributed by atoms with Crippen molar-refractivity contribution in [3.05, 3.63) is 12.2 Å². The molecule has 0 bridgehead atoms. The number of nitrogens with zero attached hydrogens (tertiary/aromatic N) is 1. The molecule has 0 aromatic rings. The molecule has 0 radical (unpaired) electrons. The summed E-state index contributed by atoms with van der Waals surface area (Å²) in [6.07, 6.45) is 10.8. The molecule has 0 heterocycles. The van der Waals surface area contributed by atoms with Gasteiger partial charge in [0.05, 0.1) is 0 Å². The lowest BCUT2D eigenvalue weighted by molar-refractivity contribution is -0.127. The van der Waals surface area contributed by atoms with Crippen molar-refractivity contribution < 1.29 is 4.79 Å². The third-order valence-corrected chi connectivity index (χ3v) is 3.99. The van der Waals surface area contributed by atoms with E-state index in [-0.39, 0.29) is 35.8 Å². The lowest BCUT2D eigenvalue weighted by Crippen LogP contribution is -2.43. The Labute approximate surface area is 144 Å². The molecule has 0 atom stereocenters. The number of halogens is 1. The number of hydrogen-bond donors (Lipinski definition) is 3. The molecule has 3 N–H and O–H groups in total. The first kappa shape index (κ1) is 18.3. The van der Waals surface area contributed by atoms with Crippen LogP contribution in [-0.2, 0) is 4.79 Å². The van der Waals surface area contributed by atoms with Gasteiger partial charge in [-0.25, -0.2) is 0 Å². The molecule has 5 nitrogen and oxygen atoms in total. The zero-order valence-corrected chi connectivity index (χ0v) is 15.1. The monoisotopic (exact) mass is 406 g/mol. The van der Waals surface area contributed by atoms with Crippen molar-refractivity contribution in [2.24, 2.45) is 10.9 Å². The zero-order valence-electron chi connectivity index (χ0n) is 12.7. The van der Waals surface area contributed by atoms with Gasteiger partial charge in [0.15, 0.2) is 5.96 Å². The highest BCUT2D eigenvalue weighted by atomic mass is 127. The molecule has 2 rings (SSSR count). The van der Waals surface area contributed by atoms with Crippen LogP contribution in [0.4, 0.5) is 0 Å². The van der Waals surface area contributed by atoms with Crippen molar-refractivity contribution in [1.82, 2.24) is 16.0 Å². The maximum absolute atomic E-state index is 11.6. The Hall–Kier alpha value is -0.790. The highest BCUT2D eigenvalue weighted by Crippen LogP contribution is 2.25. The second kappa shape index (κ2) is 10.0. The van der Waals surface area contributed by atoms with Gasteiger partial charge in [-0.3, -0.25) is 9.79 Å². The van der Waals surface area contributed by atoms with Crippen molar-refractivity contribution in [3.63, 3.8) is 0 Å². The van der Waals surface area contributed by atoms with Crippen LogP contribution in [0, 0.1) is 5.92 Å². The summed E-state index contributed by atoms with van der Waals surface area (Å²) >= 11 is 0. The van der Waals surface area contributed by atoms with Crippen LogP contribution in [0.1, 0.15) is 38.5 Å². The third-order valence-electron chi connectivity index (χ3n) is 3.99. The van der Waals surface area contributed by atoms with Crippen molar-refractivity contribution in [3.8, 4) is 0 Å². The van der Waals surface area contributed by atoms with E-state index in [1.807, 2.05) is 0 Å². The first-order valence-corrected chi connectivity index (χ1v) is 7.69. The number of carbonyl (C=O) groups is 1. The van der Waals surface area contributed by atoms with E-state index in [0.717, 1.165) is 51.2 Å². The van der Waals surface area contributed by atoms with Crippen LogP contribution in [0.15, 0.2) is 17.1 Å². The van der Waals surface area contributed by atoms with Gasteiger partial charge in [0.1, 0.15) is 0 Å². The van der Waals surface area contributed by atoms with Crippen molar-refractivity contribution >= 4 is 35.8 Å². The van der Waals surface area contributed by atoms with Crippen LogP contribution in [0.3, 0.4) is 0 Å². The van der Waals surface area contributed by atoms with Crippen molar-refractivity contribution in [2.45, 2.75) is 44.6 Å². The van der Waals surface area contributed by atoms with E-state index < -0.39 is 0 Å². The van der Waals surface area contributed by atoms with Crippen LogP contribution < -0.4 is 16.0 Å². The maximum Gasteiger partial charge on any atom is 0.223 e. The zero-order chi connectivity index (χ0) is 14.2. The van der Waals surface area contributed by atoms with E-state index >= 15 is 0 Å². The van der Waals surface area contributed by atoms with Crippen molar-refractivity contribution in [2.75, 3.05) is 20.1 Å². The Morgan fingerprint density at radius 1 is 1.19 bits per heavy atom. The second-order valence-electron chi connectivity index (χ2n) is 5.56. The molecule has 0 saturated heterocycles. The van der Waals surface area contributed by atoms with Crippen LogP contribution in [-0.4, -0.2) is 38.0 Å². The molecule has 1 saturated carbocycles. The molecule has 120 valence electrons. The topological polar surface area (TPSA) is 65.5 Å². The normalized spacial score (nSPS) is 18.8. The van der Waals surface area contributed by atoms with Gasteiger partial charge in [-0.1, -0.05) is 18.6 Å². The average molecular weight is 406 g/mol. The summed E-state index contributed by atoms with van der Waals surface area (Å²) in [5.74, 6) is 1.37. The van der Waals surface area contributed by atoms with Gasteiger partial charge in [-0.05, 0) is 32.1 Å². The Kier molecular flexibility index (Phi) is 8.72. The minimum atomic E-state index is 0. The highest BCUT2D eigenvalue weighted by molar-refractivity contribution is 14.0. The predicted molar refractivity (Wildman–Crippen MR) is 97.0 cm³/mol. The molecule has 2 aliphatic rings. The van der Waals surface area contributed by atoms with Crippen LogP contribution in [0.2, 0.25) is 0 Å². The average Bonchev–Trinajstić information content (AvgIpc) is 2.87. The first-order valence-electron chi connectivity index (χ1n) is 7.69. The van der Waals surface area contributed by atoms with E-state index in [1.54, 1.807) is 7.05 Å². The van der Waals surface area contributed by atoms with Gasteiger partial charge < -0.3 is 16.0 Å². The molecule has 21 heavy (non-hydrogen) atoms. The quantitative estimate of drug-likeness (QED) is 0.207. The summed E-state index contributed by atoms with van der Waals surface area (Å²) in [5.41, 5.74) is 0. The Morgan fingerprint density at radius 2 is 1.86 bits per heavy atom. The van der Waals surface area contributed by atoms with Gasteiger partial charge in [0, 0.05) is 32.1 Å². The fraction of sp³-hybridized carbons (Fsp3) is 0.733. The maximum atomic E-state index is 11.6. The summed E-state index contributed by atoms with van der Waals surface area (Å²) in [6.45, 7) is 1.56. The van der Waals surface area contributed by atoms with E-state index in [1.165, 1.54) is 6.42 Å². The molecule has 6 heteroatoms. The summed E-state index contributed by atoms with van der Waals surface area (Å²) < 4.78 is 0. The largest absolute Gasteiger partial charge is 0.356 e. The molecule has 0 spiro atoms. The highest BCUT2D eigenvalue weighted by Gasteiger charge is 2.24. The number of nitrogens with one attached hydrogen (secondary N) is 3. The number of guanidine groups is 1. The minimum absolute atomic E-state index is 0. The van der Waals surface area contributed by atoms with E-state index in [0.29, 0.717) is 6.04 Å². The van der Waals surface area contributed by atoms with Crippen molar-refractivity contribution in [1.29, 1.82) is 0 Å². The number of aliphatic imine (C=N–C) groups is 1. The van der Waals surface area contributed by atoms with Gasteiger partial charge in [0.25, 0.3) is 0 Å². The number of hydrogen-bond acceptors (Lipinski definition) is 2. The van der Waals surface area contributed by atoms with E-state index in [9.17, 15) is 4.79 Å². The number of carbonyl (C=O) groups excluding carboxylic acids is 1. The fourth-order valence-electron chi connectivity index (χ4n) is 2.44. The Morgan fingerprint density at radius 3 is 2.43 bits per heavy atom. The predicted octanol–water partition coefficient (Wildman–Crippen LogP) is 1.79. The lowest BCUT2D eigenvalue weighted by Gasteiger charge is -2.24. The molecule has 1 fully saturated rings. The van der Waals surface area contributed by atoms with Crippen LogP contribution in [0.25, 0.3) is 0 Å². The van der Waals surface area contributed by atoms with Gasteiger partial charge in [0.2, 0.25) is 5.91 Å². The molecule has 2 aliphatic carbocycles. The standard InChI is InChI=1S/C15H26N4O.HI/c1-16-15(19-13-8-2-3-9-13)18-11-5-10-17-14(20)12-6-4-7-12;/h2-3,12-13H,4-11H2,1H3,(H,17,20)(H2,16,18,19);1H. The molecule has 0 aromatic carbocycles. The molecular weight excluding hydrogens is 379 g/mol. The van der Waals surface area contributed by atoms with E-state index in [2.05, 4.69) is 33.1 Å². The molecule has 0 aliphatic heterocycles. The summed E-state index contributed by atoms with van der Waals surface area (Å²) in [7, 11) is 1.79. The summed E-state index contributed by atoms with van der Waals surface area (Å²) in [4.78, 5) is 15.8. The number of amides is 1. The number of rotatable bonds is 6. The molecule has 0 aromatic heterocycles. The smallest absolute Gasteiger partial charge is 0.223 e. The minimum Gasteiger partial charge on any atom is -0.356 e. The SMILES string of the molecule is CN=C(NCCCNC(=O)C1CCC1)NC1CC=CC1.I. The van der Waals surface area contributed by atoms with Gasteiger partial charge >= 0.3 is 0 Å². The van der Waals surface area contributed by atoms with Crippen LogP contribution in [0.5, 0.6) is 0 Å². The molecule has 1 amide bonds. The van der Waals surface area contributed by atoms with Gasteiger partial charge in [-0.2, -0.15) is 0 Å². The third kappa shape index (κ3) is 6.23. The summed E-state index contributed by atoms with van der Waals surface area (Å²) in [6, 6.07) is 0.472. The van der Waals surface area contributed by atoms with E-state index in [4.69, 9.17) is 0 Å².